The molecule has 33 heavy (non-hydrogen) atoms. The third-order valence-electron chi connectivity index (χ3n) is 4.93. The average Bonchev–Trinajstić information content (AvgIpc) is 3.23. The van der Waals surface area contributed by atoms with E-state index in [0.717, 1.165) is 11.0 Å². The Labute approximate surface area is 191 Å². The van der Waals surface area contributed by atoms with Gasteiger partial charge in [0.05, 0.1) is 21.6 Å². The number of halogens is 2. The number of aromatic amines is 1. The smallest absolute Gasteiger partial charge is 0.413 e. The van der Waals surface area contributed by atoms with Crippen LogP contribution in [0.3, 0.4) is 0 Å². The predicted molar refractivity (Wildman–Crippen MR) is 122 cm³/mol. The van der Waals surface area contributed by atoms with Gasteiger partial charge in [0.1, 0.15) is 5.82 Å². The van der Waals surface area contributed by atoms with Crippen LogP contribution in [0.4, 0.5) is 20.8 Å². The summed E-state index contributed by atoms with van der Waals surface area (Å²) >= 11 is 5.77. The molecule has 3 aromatic carbocycles. The van der Waals surface area contributed by atoms with Crippen LogP contribution in [0.5, 0.6) is 0 Å². The third-order valence-corrected chi connectivity index (χ3v) is 5.22. The lowest BCUT2D eigenvalue weighted by molar-refractivity contribution is 0.0996. The number of H-pyrrole nitrogens is 1. The number of hydrogen-bond donors (Lipinski definition) is 3. The number of hydrogen-bond acceptors (Lipinski definition) is 4. The molecule has 0 aliphatic heterocycles. The molecule has 1 heterocycles. The van der Waals surface area contributed by atoms with Gasteiger partial charge in [0.15, 0.2) is 5.78 Å². The maximum Gasteiger partial charge on any atom is 0.413 e. The molecule has 4 rings (SSSR count). The summed E-state index contributed by atoms with van der Waals surface area (Å²) < 4.78 is 13.4. The minimum Gasteiger partial charge on any atom is -0.465 e. The lowest BCUT2D eigenvalue weighted by Crippen LogP contribution is -2.24. The number of nitrogens with one attached hydrogen (secondary N) is 2. The lowest BCUT2D eigenvalue weighted by Gasteiger charge is -2.10. The number of benzene rings is 3. The van der Waals surface area contributed by atoms with Crippen LogP contribution in [0.1, 0.15) is 26.3 Å². The number of rotatable bonds is 5. The Morgan fingerprint density at radius 1 is 1.06 bits per heavy atom. The number of fused-ring (bicyclic) bond motifs is 1. The van der Waals surface area contributed by atoms with Crippen LogP contribution in [0.15, 0.2) is 60.7 Å². The first-order valence-corrected chi connectivity index (χ1v) is 9.99. The number of ketones is 1. The number of carbonyl (C=O) groups is 3. The lowest BCUT2D eigenvalue weighted by atomic mass is 9.97. The van der Waals surface area contributed by atoms with Crippen LogP contribution in [0.25, 0.3) is 11.0 Å². The molecule has 0 spiro atoms. The highest BCUT2D eigenvalue weighted by molar-refractivity contribution is 6.31. The summed E-state index contributed by atoms with van der Waals surface area (Å²) in [6.45, 7) is 0. The molecule has 0 saturated heterocycles. The molecule has 0 atom stereocenters. The molecule has 0 saturated carbocycles. The van der Waals surface area contributed by atoms with Crippen molar-refractivity contribution >= 4 is 52.1 Å². The molecular formula is C23H16ClFN4O4. The van der Waals surface area contributed by atoms with Gasteiger partial charge < -0.3 is 15.4 Å². The van der Waals surface area contributed by atoms with Gasteiger partial charge in [-0.05, 0) is 42.5 Å². The van der Waals surface area contributed by atoms with Gasteiger partial charge in [0.25, 0.3) is 5.91 Å². The van der Waals surface area contributed by atoms with Crippen molar-refractivity contribution in [2.75, 3.05) is 17.3 Å². The van der Waals surface area contributed by atoms with E-state index in [9.17, 15) is 18.8 Å². The zero-order chi connectivity index (χ0) is 23.7. The Morgan fingerprint density at radius 3 is 2.48 bits per heavy atom. The van der Waals surface area contributed by atoms with Gasteiger partial charge in [-0.2, -0.15) is 0 Å². The fraction of sp³-hybridized carbons (Fsp3) is 0.0435. The Morgan fingerprint density at radius 2 is 1.79 bits per heavy atom. The summed E-state index contributed by atoms with van der Waals surface area (Å²) in [4.78, 5) is 45.2. The van der Waals surface area contributed by atoms with Gasteiger partial charge in [-0.15, -0.1) is 0 Å². The van der Waals surface area contributed by atoms with E-state index in [2.05, 4.69) is 15.3 Å². The van der Waals surface area contributed by atoms with E-state index in [-0.39, 0.29) is 33.3 Å². The number of aromatic nitrogens is 2. The van der Waals surface area contributed by atoms with Crippen LogP contribution < -0.4 is 10.2 Å². The molecular weight excluding hydrogens is 451 g/mol. The zero-order valence-corrected chi connectivity index (χ0v) is 17.9. The summed E-state index contributed by atoms with van der Waals surface area (Å²) in [5, 5.41) is 11.6. The van der Waals surface area contributed by atoms with E-state index in [0.29, 0.717) is 11.0 Å². The summed E-state index contributed by atoms with van der Waals surface area (Å²) in [7, 11) is 1.34. The predicted octanol–water partition coefficient (Wildman–Crippen LogP) is 4.95. The topological polar surface area (TPSA) is 115 Å². The molecule has 3 N–H and O–H groups in total. The maximum atomic E-state index is 13.4. The number of carboxylic acid groups (broad SMARTS) is 1. The number of imidazole rings is 1. The normalized spacial score (nSPS) is 10.8. The van der Waals surface area contributed by atoms with Crippen LogP contribution in [0, 0.1) is 5.82 Å². The van der Waals surface area contributed by atoms with Crippen molar-refractivity contribution in [1.82, 2.24) is 9.97 Å². The summed E-state index contributed by atoms with van der Waals surface area (Å²) in [6.07, 6.45) is -1.19. The third kappa shape index (κ3) is 4.39. The van der Waals surface area contributed by atoms with Crippen molar-refractivity contribution in [3.8, 4) is 0 Å². The van der Waals surface area contributed by atoms with E-state index >= 15 is 0 Å². The van der Waals surface area contributed by atoms with Crippen LogP contribution >= 0.6 is 11.6 Å². The molecule has 0 unspecified atom stereocenters. The first-order chi connectivity index (χ1) is 15.7. The van der Waals surface area contributed by atoms with E-state index in [1.165, 1.54) is 37.4 Å². The van der Waals surface area contributed by atoms with E-state index in [1.54, 1.807) is 24.3 Å². The first kappa shape index (κ1) is 22.0. The van der Waals surface area contributed by atoms with Crippen molar-refractivity contribution in [1.29, 1.82) is 0 Å². The highest BCUT2D eigenvalue weighted by Crippen LogP contribution is 2.23. The maximum absolute atomic E-state index is 13.4. The second-order valence-corrected chi connectivity index (χ2v) is 7.50. The molecule has 2 amide bonds. The van der Waals surface area contributed by atoms with Gasteiger partial charge >= 0.3 is 6.09 Å². The second-order valence-electron chi connectivity index (χ2n) is 7.09. The van der Waals surface area contributed by atoms with Gasteiger partial charge in [-0.3, -0.25) is 14.5 Å². The summed E-state index contributed by atoms with van der Waals surface area (Å²) in [6, 6.07) is 14.7. The summed E-state index contributed by atoms with van der Waals surface area (Å²) in [5.74, 6) is -1.48. The number of nitrogens with zero attached hydrogens (tertiary/aromatic N) is 2. The monoisotopic (exact) mass is 466 g/mol. The molecule has 1 aromatic heterocycles. The van der Waals surface area contributed by atoms with Gasteiger partial charge in [0.2, 0.25) is 5.95 Å². The van der Waals surface area contributed by atoms with Crippen molar-refractivity contribution in [3.05, 3.63) is 88.2 Å². The highest BCUT2D eigenvalue weighted by atomic mass is 35.5. The second kappa shape index (κ2) is 8.71. The molecule has 0 radical (unpaired) electrons. The van der Waals surface area contributed by atoms with Gasteiger partial charge in [-0.25, -0.2) is 14.2 Å². The molecule has 0 fully saturated rings. The highest BCUT2D eigenvalue weighted by Gasteiger charge is 2.20. The van der Waals surface area contributed by atoms with Gasteiger partial charge in [0, 0.05) is 23.9 Å². The van der Waals surface area contributed by atoms with Crippen molar-refractivity contribution in [2.45, 2.75) is 0 Å². The number of amides is 2. The Kier molecular flexibility index (Phi) is 5.80. The van der Waals surface area contributed by atoms with E-state index < -0.39 is 23.6 Å². The van der Waals surface area contributed by atoms with E-state index in [4.69, 9.17) is 16.7 Å². The zero-order valence-electron chi connectivity index (χ0n) is 17.1. The average molecular weight is 467 g/mol. The minimum absolute atomic E-state index is 0.111. The Bertz CT molecular complexity index is 1420. The Balaban J connectivity index is 1.65. The Hall–Kier alpha value is -4.24. The molecule has 10 heteroatoms. The standard InChI is InChI=1S/C23H16ClFN4O4/c1-29(23(32)33)22-27-18-9-6-12(10-19(18)28-22)20(30)14-4-2-3-5-15(14)21(31)26-13-7-8-17(25)16(24)11-13/h2-11H,1H3,(H,26,31)(H,27,28)(H,32,33). The SMILES string of the molecule is CN(C(=O)O)c1nc2ccc(C(=O)c3ccccc3C(=O)Nc3ccc(F)c(Cl)c3)cc2[nH]1. The van der Waals surface area contributed by atoms with E-state index in [1.807, 2.05) is 0 Å². The largest absolute Gasteiger partial charge is 0.465 e. The van der Waals surface area contributed by atoms with Crippen molar-refractivity contribution in [2.24, 2.45) is 0 Å². The van der Waals surface area contributed by atoms with Crippen molar-refractivity contribution in [3.63, 3.8) is 0 Å². The number of carbonyl (C=O) groups excluding carboxylic acids is 2. The van der Waals surface area contributed by atoms with Gasteiger partial charge in [-0.1, -0.05) is 29.8 Å². The summed E-state index contributed by atoms with van der Waals surface area (Å²) in [5.41, 5.74) is 1.79. The number of anilines is 2. The molecule has 4 aromatic rings. The fourth-order valence-corrected chi connectivity index (χ4v) is 3.37. The quantitative estimate of drug-likeness (QED) is 0.360. The molecule has 0 aliphatic carbocycles. The van der Waals surface area contributed by atoms with Crippen molar-refractivity contribution < 1.29 is 23.9 Å². The molecule has 0 aliphatic rings. The van der Waals surface area contributed by atoms with Crippen LogP contribution in [-0.4, -0.2) is 39.9 Å². The fourth-order valence-electron chi connectivity index (χ4n) is 3.19. The molecule has 8 nitrogen and oxygen atoms in total. The molecule has 0 bridgehead atoms. The van der Waals surface area contributed by atoms with Crippen LogP contribution in [-0.2, 0) is 0 Å². The molecule has 166 valence electrons. The van der Waals surface area contributed by atoms with Crippen LogP contribution in [0.2, 0.25) is 5.02 Å². The minimum atomic E-state index is -1.19. The first-order valence-electron chi connectivity index (χ1n) is 9.61.